The molecule has 4 aliphatic rings. The number of thioether (sulfide) groups is 1. The summed E-state index contributed by atoms with van der Waals surface area (Å²) in [6.45, 7) is 0. The van der Waals surface area contributed by atoms with Crippen LogP contribution in [0, 0.1) is 5.92 Å². The molecule has 0 fully saturated rings. The Labute approximate surface area is 169 Å². The van der Waals surface area contributed by atoms with Crippen LogP contribution in [0.3, 0.4) is 0 Å². The molecule has 0 amide bonds. The number of allylic oxidation sites excluding steroid dienone is 7. The molecular weight excluding hydrogens is 370 g/mol. The highest BCUT2D eigenvalue weighted by Gasteiger charge is 2.38. The number of methoxy groups -OCH3 is 1. The molecule has 5 rings (SSSR count). The summed E-state index contributed by atoms with van der Waals surface area (Å²) in [5.41, 5.74) is 2.78. The predicted molar refractivity (Wildman–Crippen MR) is 111 cm³/mol. The fourth-order valence-electron chi connectivity index (χ4n) is 4.43. The summed E-state index contributed by atoms with van der Waals surface area (Å²) in [6.07, 6.45) is 18.0. The van der Waals surface area contributed by atoms with Crippen LogP contribution in [0.4, 0.5) is 0 Å². The third-order valence-electron chi connectivity index (χ3n) is 5.88. The summed E-state index contributed by atoms with van der Waals surface area (Å²) >= 11 is 2.03. The standard InChI is InChI=1S/C22H23N3O2S/c1-27-22-24-20(23-21(25-22)15-7-2-4-8-17(15)26)13-10-11-19-16(12-13)14-6-3-5-9-18(14)28-19/h2,4-5,7-10,15-17,19,26H,3,6,11-12H2,1H3. The van der Waals surface area contributed by atoms with E-state index in [0.29, 0.717) is 28.8 Å². The minimum Gasteiger partial charge on any atom is -0.467 e. The Hall–Kier alpha value is -2.18. The number of fused-ring (bicyclic) bond motifs is 2. The number of ether oxygens (including phenoxy) is 1. The first-order valence-electron chi connectivity index (χ1n) is 9.81. The molecule has 0 saturated heterocycles. The van der Waals surface area contributed by atoms with Crippen molar-refractivity contribution in [3.63, 3.8) is 0 Å². The molecule has 4 atom stereocenters. The summed E-state index contributed by atoms with van der Waals surface area (Å²) in [6, 6.07) is 0.305. The van der Waals surface area contributed by atoms with Gasteiger partial charge in [-0.05, 0) is 37.2 Å². The van der Waals surface area contributed by atoms with Crippen molar-refractivity contribution >= 4 is 17.3 Å². The van der Waals surface area contributed by atoms with Gasteiger partial charge in [-0.15, -0.1) is 11.8 Å². The summed E-state index contributed by atoms with van der Waals surface area (Å²) in [4.78, 5) is 15.2. The van der Waals surface area contributed by atoms with Crippen LogP contribution in [0.1, 0.15) is 43.3 Å². The Bertz CT molecular complexity index is 947. The normalized spacial score (nSPS) is 30.9. The second-order valence-corrected chi connectivity index (χ2v) is 8.83. The monoisotopic (exact) mass is 393 g/mol. The van der Waals surface area contributed by atoms with E-state index in [1.54, 1.807) is 18.8 Å². The van der Waals surface area contributed by atoms with Crippen LogP contribution in [0.25, 0.3) is 5.57 Å². The fraction of sp³-hybridized carbons (Fsp3) is 0.409. The van der Waals surface area contributed by atoms with Gasteiger partial charge < -0.3 is 9.84 Å². The van der Waals surface area contributed by atoms with E-state index >= 15 is 0 Å². The van der Waals surface area contributed by atoms with Crippen LogP contribution in [-0.2, 0) is 0 Å². The zero-order valence-electron chi connectivity index (χ0n) is 15.8. The Balaban J connectivity index is 1.47. The minimum atomic E-state index is -0.636. The molecule has 1 aromatic heterocycles. The molecule has 2 heterocycles. The lowest BCUT2D eigenvalue weighted by Gasteiger charge is -2.27. The van der Waals surface area contributed by atoms with Crippen molar-refractivity contribution in [1.29, 1.82) is 0 Å². The highest BCUT2D eigenvalue weighted by atomic mass is 32.2. The predicted octanol–water partition coefficient (Wildman–Crippen LogP) is 3.96. The lowest BCUT2D eigenvalue weighted by atomic mass is 9.80. The summed E-state index contributed by atoms with van der Waals surface area (Å²) in [7, 11) is 1.57. The van der Waals surface area contributed by atoms with Crippen molar-refractivity contribution in [3.05, 3.63) is 64.7 Å². The first kappa shape index (κ1) is 17.9. The van der Waals surface area contributed by atoms with E-state index in [0.717, 1.165) is 24.8 Å². The summed E-state index contributed by atoms with van der Waals surface area (Å²) in [5.74, 6) is 1.52. The van der Waals surface area contributed by atoms with E-state index in [4.69, 9.17) is 9.72 Å². The van der Waals surface area contributed by atoms with Crippen molar-refractivity contribution in [1.82, 2.24) is 15.0 Å². The molecule has 0 radical (unpaired) electrons. The summed E-state index contributed by atoms with van der Waals surface area (Å²) in [5, 5.41) is 11.0. The van der Waals surface area contributed by atoms with Gasteiger partial charge >= 0.3 is 6.01 Å². The maximum Gasteiger partial charge on any atom is 0.319 e. The van der Waals surface area contributed by atoms with Crippen molar-refractivity contribution in [2.75, 3.05) is 7.11 Å². The molecule has 1 aliphatic heterocycles. The second kappa shape index (κ2) is 7.33. The summed E-state index contributed by atoms with van der Waals surface area (Å²) < 4.78 is 5.35. The van der Waals surface area contributed by atoms with Gasteiger partial charge in [0, 0.05) is 10.2 Å². The molecule has 1 N–H and O–H groups in total. The van der Waals surface area contributed by atoms with E-state index in [-0.39, 0.29) is 5.92 Å². The maximum absolute atomic E-state index is 10.3. The lowest BCUT2D eigenvalue weighted by Crippen LogP contribution is -2.22. The third-order valence-corrected chi connectivity index (χ3v) is 7.36. The van der Waals surface area contributed by atoms with Crippen molar-refractivity contribution < 1.29 is 9.84 Å². The van der Waals surface area contributed by atoms with Crippen molar-refractivity contribution in [2.24, 2.45) is 5.92 Å². The average Bonchev–Trinajstić information content (AvgIpc) is 3.11. The average molecular weight is 394 g/mol. The maximum atomic E-state index is 10.3. The molecule has 3 aliphatic carbocycles. The van der Waals surface area contributed by atoms with Crippen molar-refractivity contribution in [2.45, 2.75) is 43.0 Å². The number of nitrogens with zero attached hydrogens (tertiary/aromatic N) is 3. The van der Waals surface area contributed by atoms with Crippen LogP contribution in [0.2, 0.25) is 0 Å². The number of rotatable bonds is 3. The molecular formula is C22H23N3O2S. The zero-order chi connectivity index (χ0) is 19.1. The molecule has 1 aromatic rings. The van der Waals surface area contributed by atoms with Gasteiger partial charge in [0.05, 0.1) is 19.1 Å². The van der Waals surface area contributed by atoms with Crippen LogP contribution in [0.15, 0.2) is 53.0 Å². The first-order valence-corrected chi connectivity index (χ1v) is 10.7. The number of hydrogen-bond acceptors (Lipinski definition) is 6. The number of aliphatic hydroxyl groups is 1. The van der Waals surface area contributed by atoms with Crippen LogP contribution >= 0.6 is 11.8 Å². The van der Waals surface area contributed by atoms with Gasteiger partial charge in [-0.2, -0.15) is 9.97 Å². The topological polar surface area (TPSA) is 68.1 Å². The molecule has 144 valence electrons. The van der Waals surface area contributed by atoms with Crippen LogP contribution in [-0.4, -0.2) is 38.5 Å². The van der Waals surface area contributed by atoms with Gasteiger partial charge in [0.15, 0.2) is 5.82 Å². The minimum absolute atomic E-state index is 0.280. The molecule has 6 heteroatoms. The smallest absolute Gasteiger partial charge is 0.319 e. The molecule has 0 bridgehead atoms. The molecule has 5 nitrogen and oxygen atoms in total. The van der Waals surface area contributed by atoms with Gasteiger partial charge in [-0.3, -0.25) is 0 Å². The molecule has 0 spiro atoms. The Kier molecular flexibility index (Phi) is 4.69. The second-order valence-electron chi connectivity index (χ2n) is 7.55. The van der Waals surface area contributed by atoms with E-state index in [1.807, 2.05) is 30.0 Å². The van der Waals surface area contributed by atoms with Gasteiger partial charge in [0.25, 0.3) is 0 Å². The first-order chi connectivity index (χ1) is 13.7. The number of aliphatic hydroxyl groups excluding tert-OH is 1. The lowest BCUT2D eigenvalue weighted by molar-refractivity contribution is 0.201. The van der Waals surface area contributed by atoms with Crippen LogP contribution < -0.4 is 4.74 Å². The molecule has 28 heavy (non-hydrogen) atoms. The Morgan fingerprint density at radius 2 is 2.07 bits per heavy atom. The SMILES string of the molecule is COc1nc(C2=CCC3SC4=C(CCC=C4)C3C2)nc(C2C=CC=CC2O)n1. The number of aromatic nitrogens is 3. The van der Waals surface area contributed by atoms with Gasteiger partial charge in [-0.1, -0.05) is 48.1 Å². The van der Waals surface area contributed by atoms with Gasteiger partial charge in [0.2, 0.25) is 0 Å². The zero-order valence-corrected chi connectivity index (χ0v) is 16.6. The van der Waals surface area contributed by atoms with E-state index < -0.39 is 6.10 Å². The highest BCUT2D eigenvalue weighted by molar-refractivity contribution is 8.04. The van der Waals surface area contributed by atoms with E-state index in [9.17, 15) is 5.11 Å². The molecule has 0 saturated carbocycles. The van der Waals surface area contributed by atoms with Crippen LogP contribution in [0.5, 0.6) is 6.01 Å². The highest BCUT2D eigenvalue weighted by Crippen LogP contribution is 2.52. The molecule has 0 aromatic carbocycles. The Morgan fingerprint density at radius 3 is 2.93 bits per heavy atom. The number of hydrogen-bond donors (Lipinski definition) is 1. The largest absolute Gasteiger partial charge is 0.467 e. The van der Waals surface area contributed by atoms with Gasteiger partial charge in [0.1, 0.15) is 5.82 Å². The molecule has 4 unspecified atom stereocenters. The van der Waals surface area contributed by atoms with E-state index in [1.165, 1.54) is 11.3 Å². The van der Waals surface area contributed by atoms with Crippen molar-refractivity contribution in [3.8, 4) is 6.01 Å². The quantitative estimate of drug-likeness (QED) is 0.838. The van der Waals surface area contributed by atoms with E-state index in [2.05, 4.69) is 28.2 Å². The van der Waals surface area contributed by atoms with Gasteiger partial charge in [-0.25, -0.2) is 4.98 Å². The Morgan fingerprint density at radius 1 is 1.18 bits per heavy atom. The third kappa shape index (κ3) is 3.14. The fourth-order valence-corrected chi connectivity index (χ4v) is 5.95.